The highest BCUT2D eigenvalue weighted by Crippen LogP contribution is 2.12. The Balaban J connectivity index is 2.76. The molecule has 0 radical (unpaired) electrons. The molecule has 0 spiro atoms. The molecule has 1 N–H and O–H groups in total. The summed E-state index contributed by atoms with van der Waals surface area (Å²) in [6, 6.07) is 0. The number of rotatable bonds is 0. The monoisotopic (exact) mass is 138 g/mol. The summed E-state index contributed by atoms with van der Waals surface area (Å²) in [5, 5.41) is 1.38. The van der Waals surface area contributed by atoms with Crippen LogP contribution in [0, 0.1) is 0 Å². The van der Waals surface area contributed by atoms with Gasteiger partial charge in [-0.25, -0.2) is 0 Å². The van der Waals surface area contributed by atoms with Crippen molar-refractivity contribution in [2.45, 2.75) is 6.42 Å². The number of amides is 1. The summed E-state index contributed by atoms with van der Waals surface area (Å²) in [6.45, 7) is 7.29. The van der Waals surface area contributed by atoms with Gasteiger partial charge in [0, 0.05) is 24.7 Å². The molecule has 54 valence electrons. The van der Waals surface area contributed by atoms with Crippen LogP contribution >= 0.6 is 0 Å². The van der Waals surface area contributed by atoms with Gasteiger partial charge in [-0.1, -0.05) is 13.2 Å². The third kappa shape index (κ3) is 1.03. The summed E-state index contributed by atoms with van der Waals surface area (Å²) < 4.78 is 0. The van der Waals surface area contributed by atoms with Gasteiger partial charge in [0.25, 0.3) is 5.91 Å². The summed E-state index contributed by atoms with van der Waals surface area (Å²) in [7, 11) is 1.65. The predicted molar refractivity (Wildman–Crippen MR) is 38.8 cm³/mol. The summed E-state index contributed by atoms with van der Waals surface area (Å²) in [6.07, 6.45) is 0.559. The van der Waals surface area contributed by atoms with E-state index in [0.717, 1.165) is 5.70 Å². The number of carbonyl (C=O) groups is 1. The van der Waals surface area contributed by atoms with Crippen LogP contribution < -0.4 is 5.43 Å². The highest BCUT2D eigenvalue weighted by atomic mass is 16.2. The molecular weight excluding hydrogens is 128 g/mol. The molecule has 0 aromatic rings. The van der Waals surface area contributed by atoms with Gasteiger partial charge in [0.1, 0.15) is 0 Å². The van der Waals surface area contributed by atoms with Crippen molar-refractivity contribution in [1.29, 1.82) is 0 Å². The van der Waals surface area contributed by atoms with Gasteiger partial charge in [-0.3, -0.25) is 9.80 Å². The number of carbonyl (C=O) groups excluding carboxylic acids is 1. The number of nitrogens with zero attached hydrogens (tertiary/aromatic N) is 1. The lowest BCUT2D eigenvalue weighted by atomic mass is 10.1. The molecule has 3 heteroatoms. The first-order valence-corrected chi connectivity index (χ1v) is 3.01. The zero-order valence-electron chi connectivity index (χ0n) is 5.98. The number of allylic oxidation sites excluding steroid dienone is 1. The topological polar surface area (TPSA) is 32.3 Å². The van der Waals surface area contributed by atoms with Crippen LogP contribution in [0.3, 0.4) is 0 Å². The fourth-order valence-electron chi connectivity index (χ4n) is 0.898. The summed E-state index contributed by atoms with van der Waals surface area (Å²) >= 11 is 0. The lowest BCUT2D eigenvalue weighted by Crippen LogP contribution is -2.43. The lowest BCUT2D eigenvalue weighted by Gasteiger charge is -2.27. The second-order valence-electron chi connectivity index (χ2n) is 2.36. The average Bonchev–Trinajstić information content (AvgIpc) is 1.82. The Morgan fingerprint density at radius 2 is 2.20 bits per heavy atom. The van der Waals surface area contributed by atoms with E-state index < -0.39 is 0 Å². The fraction of sp³-hybridized carbons (Fsp3) is 0.286. The standard InChI is InChI=1S/C7H10N2O/c1-5-4-6(2)8-9(3)7(5)10/h8H,1-2,4H2,3H3. The van der Waals surface area contributed by atoms with E-state index in [1.807, 2.05) is 0 Å². The third-order valence-corrected chi connectivity index (χ3v) is 1.36. The molecular formula is C7H10N2O. The molecule has 0 aliphatic carbocycles. The Kier molecular flexibility index (Phi) is 1.49. The van der Waals surface area contributed by atoms with Gasteiger partial charge >= 0.3 is 0 Å². The van der Waals surface area contributed by atoms with Crippen LogP contribution in [0.2, 0.25) is 0 Å². The quantitative estimate of drug-likeness (QED) is 0.492. The third-order valence-electron chi connectivity index (χ3n) is 1.36. The summed E-state index contributed by atoms with van der Waals surface area (Å²) in [5.74, 6) is -0.0626. The number of hydrazine groups is 1. The molecule has 0 unspecified atom stereocenters. The van der Waals surface area contributed by atoms with E-state index in [0.29, 0.717) is 12.0 Å². The Morgan fingerprint density at radius 3 is 2.70 bits per heavy atom. The lowest BCUT2D eigenvalue weighted by molar-refractivity contribution is -0.129. The minimum absolute atomic E-state index is 0.0626. The van der Waals surface area contributed by atoms with E-state index in [4.69, 9.17) is 0 Å². The van der Waals surface area contributed by atoms with Crippen LogP contribution in [0.1, 0.15) is 6.42 Å². The van der Waals surface area contributed by atoms with Crippen LogP contribution in [0.4, 0.5) is 0 Å². The first kappa shape index (κ1) is 6.86. The molecule has 0 aromatic carbocycles. The minimum Gasteiger partial charge on any atom is -0.300 e. The Morgan fingerprint density at radius 1 is 1.60 bits per heavy atom. The molecule has 0 atom stereocenters. The van der Waals surface area contributed by atoms with Crippen LogP contribution in [-0.2, 0) is 4.79 Å². The number of hydrogen-bond donors (Lipinski definition) is 1. The van der Waals surface area contributed by atoms with E-state index in [-0.39, 0.29) is 5.91 Å². The van der Waals surface area contributed by atoms with Gasteiger partial charge in [-0.2, -0.15) is 0 Å². The van der Waals surface area contributed by atoms with E-state index in [1.165, 1.54) is 5.01 Å². The van der Waals surface area contributed by atoms with E-state index in [2.05, 4.69) is 18.6 Å². The van der Waals surface area contributed by atoms with Gasteiger partial charge in [-0.05, 0) is 0 Å². The van der Waals surface area contributed by atoms with Crippen molar-refractivity contribution in [3.05, 3.63) is 24.4 Å². The van der Waals surface area contributed by atoms with Crippen molar-refractivity contribution in [3.63, 3.8) is 0 Å². The highest BCUT2D eigenvalue weighted by molar-refractivity contribution is 5.93. The van der Waals surface area contributed by atoms with Crippen LogP contribution in [0.15, 0.2) is 24.4 Å². The summed E-state index contributed by atoms with van der Waals surface area (Å²) in [4.78, 5) is 11.0. The largest absolute Gasteiger partial charge is 0.300 e. The molecule has 1 fully saturated rings. The van der Waals surface area contributed by atoms with Crippen molar-refractivity contribution < 1.29 is 4.79 Å². The number of likely N-dealkylation sites (N-methyl/N-ethyl adjacent to an activating group) is 1. The Hall–Kier alpha value is -1.25. The predicted octanol–water partition coefficient (Wildman–Crippen LogP) is 0.423. The average molecular weight is 138 g/mol. The maximum absolute atomic E-state index is 11.0. The van der Waals surface area contributed by atoms with Crippen molar-refractivity contribution in [2.75, 3.05) is 7.05 Å². The smallest absolute Gasteiger partial charge is 0.267 e. The van der Waals surface area contributed by atoms with Crippen molar-refractivity contribution in [2.24, 2.45) is 0 Å². The SMILES string of the molecule is C=C1CC(=C)C(=O)N(C)N1. The second-order valence-corrected chi connectivity index (χ2v) is 2.36. The van der Waals surface area contributed by atoms with Crippen LogP contribution in [-0.4, -0.2) is 18.0 Å². The van der Waals surface area contributed by atoms with Gasteiger partial charge in [0.15, 0.2) is 0 Å². The minimum atomic E-state index is -0.0626. The second kappa shape index (κ2) is 2.17. The van der Waals surface area contributed by atoms with Gasteiger partial charge in [0.2, 0.25) is 0 Å². The zero-order chi connectivity index (χ0) is 7.72. The van der Waals surface area contributed by atoms with Crippen molar-refractivity contribution in [1.82, 2.24) is 10.4 Å². The number of hydrogen-bond acceptors (Lipinski definition) is 2. The summed E-state index contributed by atoms with van der Waals surface area (Å²) in [5.41, 5.74) is 4.19. The van der Waals surface area contributed by atoms with E-state index >= 15 is 0 Å². The maximum Gasteiger partial charge on any atom is 0.267 e. The molecule has 3 nitrogen and oxygen atoms in total. The molecule has 10 heavy (non-hydrogen) atoms. The molecule has 1 saturated heterocycles. The molecule has 1 rings (SSSR count). The van der Waals surface area contributed by atoms with Crippen LogP contribution in [0.5, 0.6) is 0 Å². The van der Waals surface area contributed by atoms with Crippen molar-refractivity contribution in [3.8, 4) is 0 Å². The van der Waals surface area contributed by atoms with Crippen molar-refractivity contribution >= 4 is 5.91 Å². The van der Waals surface area contributed by atoms with E-state index in [9.17, 15) is 4.79 Å². The highest BCUT2D eigenvalue weighted by Gasteiger charge is 2.19. The number of nitrogens with one attached hydrogen (secondary N) is 1. The molecule has 1 aliphatic heterocycles. The molecule has 0 bridgehead atoms. The Bertz CT molecular complexity index is 208. The fourth-order valence-corrected chi connectivity index (χ4v) is 0.898. The molecule has 0 saturated carbocycles. The molecule has 0 aromatic heterocycles. The van der Waals surface area contributed by atoms with Gasteiger partial charge in [-0.15, -0.1) is 0 Å². The molecule has 1 aliphatic rings. The first-order chi connectivity index (χ1) is 4.61. The zero-order valence-corrected chi connectivity index (χ0v) is 5.98. The Labute approximate surface area is 60.0 Å². The molecule has 1 heterocycles. The van der Waals surface area contributed by atoms with E-state index in [1.54, 1.807) is 7.05 Å². The van der Waals surface area contributed by atoms with Crippen LogP contribution in [0.25, 0.3) is 0 Å². The molecule has 1 amide bonds. The maximum atomic E-state index is 11.0. The van der Waals surface area contributed by atoms with Gasteiger partial charge < -0.3 is 5.43 Å². The normalized spacial score (nSPS) is 19.3. The van der Waals surface area contributed by atoms with Gasteiger partial charge in [0.05, 0.1) is 0 Å². The first-order valence-electron chi connectivity index (χ1n) is 3.01.